The molecule has 0 saturated heterocycles. The number of halogens is 2. The van der Waals surface area contributed by atoms with E-state index in [2.05, 4.69) is 10.3 Å². The second kappa shape index (κ2) is 5.31. The normalized spacial score (nSPS) is 10.8. The standard InChI is InChI=1S/C15H10Cl2N2O2/c16-11-6-10(7-12(17)14(11)20)19-15(21)9-2-1-8-3-4-18-13(8)5-9/h1-7,18,20H,(H,19,21). The number of aromatic nitrogens is 1. The second-order valence-corrected chi connectivity index (χ2v) is 5.34. The van der Waals surface area contributed by atoms with E-state index in [1.807, 2.05) is 18.3 Å². The molecule has 1 heterocycles. The molecule has 0 unspecified atom stereocenters. The van der Waals surface area contributed by atoms with Gasteiger partial charge < -0.3 is 15.4 Å². The van der Waals surface area contributed by atoms with Crippen molar-refractivity contribution in [2.75, 3.05) is 5.32 Å². The molecule has 0 spiro atoms. The zero-order valence-electron chi connectivity index (χ0n) is 10.7. The maximum absolute atomic E-state index is 12.2. The van der Waals surface area contributed by atoms with Gasteiger partial charge in [0.05, 0.1) is 10.0 Å². The highest BCUT2D eigenvalue weighted by molar-refractivity contribution is 6.37. The number of amides is 1. The van der Waals surface area contributed by atoms with Crippen LogP contribution in [0.25, 0.3) is 10.9 Å². The van der Waals surface area contributed by atoms with Crippen LogP contribution in [-0.4, -0.2) is 16.0 Å². The van der Waals surface area contributed by atoms with Crippen LogP contribution in [0.4, 0.5) is 5.69 Å². The Labute approximate surface area is 130 Å². The number of rotatable bonds is 2. The number of phenols is 1. The van der Waals surface area contributed by atoms with Crippen molar-refractivity contribution in [2.24, 2.45) is 0 Å². The van der Waals surface area contributed by atoms with Crippen molar-refractivity contribution < 1.29 is 9.90 Å². The fourth-order valence-corrected chi connectivity index (χ4v) is 2.52. The Morgan fingerprint density at radius 2 is 1.81 bits per heavy atom. The summed E-state index contributed by atoms with van der Waals surface area (Å²) in [4.78, 5) is 15.3. The molecule has 0 atom stereocenters. The summed E-state index contributed by atoms with van der Waals surface area (Å²) in [5, 5.41) is 13.4. The van der Waals surface area contributed by atoms with Crippen molar-refractivity contribution in [3.8, 4) is 5.75 Å². The van der Waals surface area contributed by atoms with Crippen LogP contribution in [0.15, 0.2) is 42.6 Å². The number of carbonyl (C=O) groups excluding carboxylic acids is 1. The molecule has 2 aromatic carbocycles. The van der Waals surface area contributed by atoms with Crippen LogP contribution < -0.4 is 5.32 Å². The van der Waals surface area contributed by atoms with Crippen molar-refractivity contribution in [3.05, 3.63) is 58.2 Å². The molecule has 4 nitrogen and oxygen atoms in total. The summed E-state index contributed by atoms with van der Waals surface area (Å²) in [6.07, 6.45) is 1.81. The lowest BCUT2D eigenvalue weighted by molar-refractivity contribution is 0.102. The highest BCUT2D eigenvalue weighted by Crippen LogP contribution is 2.34. The highest BCUT2D eigenvalue weighted by Gasteiger charge is 2.11. The maximum Gasteiger partial charge on any atom is 0.255 e. The first-order valence-corrected chi connectivity index (χ1v) is 6.87. The van der Waals surface area contributed by atoms with Crippen LogP contribution in [-0.2, 0) is 0 Å². The van der Waals surface area contributed by atoms with E-state index in [9.17, 15) is 9.90 Å². The topological polar surface area (TPSA) is 65.1 Å². The fraction of sp³-hybridized carbons (Fsp3) is 0. The zero-order valence-corrected chi connectivity index (χ0v) is 12.2. The molecule has 6 heteroatoms. The van der Waals surface area contributed by atoms with Gasteiger partial charge in [-0.2, -0.15) is 0 Å². The number of benzene rings is 2. The van der Waals surface area contributed by atoms with Gasteiger partial charge in [-0.05, 0) is 35.7 Å². The maximum atomic E-state index is 12.2. The average molecular weight is 321 g/mol. The molecule has 0 saturated carbocycles. The Balaban J connectivity index is 1.88. The average Bonchev–Trinajstić information content (AvgIpc) is 2.91. The van der Waals surface area contributed by atoms with Gasteiger partial charge in [-0.3, -0.25) is 4.79 Å². The fourth-order valence-electron chi connectivity index (χ4n) is 2.03. The third-order valence-electron chi connectivity index (χ3n) is 3.09. The Morgan fingerprint density at radius 1 is 1.10 bits per heavy atom. The van der Waals surface area contributed by atoms with Gasteiger partial charge in [-0.1, -0.05) is 29.3 Å². The molecule has 0 radical (unpaired) electrons. The van der Waals surface area contributed by atoms with Crippen LogP contribution in [0.3, 0.4) is 0 Å². The van der Waals surface area contributed by atoms with Crippen molar-refractivity contribution in [3.63, 3.8) is 0 Å². The summed E-state index contributed by atoms with van der Waals surface area (Å²) >= 11 is 11.6. The van der Waals surface area contributed by atoms with Crippen molar-refractivity contribution in [1.29, 1.82) is 0 Å². The van der Waals surface area contributed by atoms with Crippen LogP contribution in [0.5, 0.6) is 5.75 Å². The molecule has 21 heavy (non-hydrogen) atoms. The van der Waals surface area contributed by atoms with Gasteiger partial charge in [-0.25, -0.2) is 0 Å². The number of fused-ring (bicyclic) bond motifs is 1. The monoisotopic (exact) mass is 320 g/mol. The summed E-state index contributed by atoms with van der Waals surface area (Å²) in [6, 6.07) is 10.2. The predicted molar refractivity (Wildman–Crippen MR) is 84.4 cm³/mol. The number of aromatic amines is 1. The molecular formula is C15H10Cl2N2O2. The molecule has 0 fully saturated rings. The lowest BCUT2D eigenvalue weighted by Crippen LogP contribution is -2.11. The number of carbonyl (C=O) groups is 1. The minimum absolute atomic E-state index is 0.0811. The van der Waals surface area contributed by atoms with Crippen molar-refractivity contribution in [1.82, 2.24) is 4.98 Å². The number of hydrogen-bond acceptors (Lipinski definition) is 2. The molecule has 1 amide bonds. The van der Waals surface area contributed by atoms with Gasteiger partial charge in [0.1, 0.15) is 0 Å². The Bertz CT molecular complexity index is 820. The predicted octanol–water partition coefficient (Wildman–Crippen LogP) is 4.43. The summed E-state index contributed by atoms with van der Waals surface area (Å²) in [7, 11) is 0. The summed E-state index contributed by atoms with van der Waals surface area (Å²) in [6.45, 7) is 0. The number of phenolic OH excluding ortho intramolecular Hbond substituents is 1. The van der Waals surface area contributed by atoms with Gasteiger partial charge >= 0.3 is 0 Å². The van der Waals surface area contributed by atoms with Gasteiger partial charge in [0, 0.05) is 23.0 Å². The molecule has 0 aliphatic heterocycles. The van der Waals surface area contributed by atoms with E-state index in [4.69, 9.17) is 23.2 Å². The molecule has 3 aromatic rings. The lowest BCUT2D eigenvalue weighted by Gasteiger charge is -2.08. The van der Waals surface area contributed by atoms with Gasteiger partial charge in [0.15, 0.2) is 5.75 Å². The van der Waals surface area contributed by atoms with E-state index >= 15 is 0 Å². The number of aromatic hydroxyl groups is 1. The molecule has 3 N–H and O–H groups in total. The van der Waals surface area contributed by atoms with Crippen LogP contribution in [0.1, 0.15) is 10.4 Å². The number of H-pyrrole nitrogens is 1. The van der Waals surface area contributed by atoms with E-state index in [1.165, 1.54) is 12.1 Å². The Hall–Kier alpha value is -2.17. The van der Waals surface area contributed by atoms with Gasteiger partial charge in [0.25, 0.3) is 5.91 Å². The molecule has 106 valence electrons. The first kappa shape index (κ1) is 13.8. The Kier molecular flexibility index (Phi) is 3.49. The number of hydrogen-bond donors (Lipinski definition) is 3. The highest BCUT2D eigenvalue weighted by atomic mass is 35.5. The Morgan fingerprint density at radius 3 is 2.52 bits per heavy atom. The van der Waals surface area contributed by atoms with Gasteiger partial charge in [0.2, 0.25) is 0 Å². The molecule has 0 aliphatic rings. The van der Waals surface area contributed by atoms with E-state index < -0.39 is 0 Å². The largest absolute Gasteiger partial charge is 0.505 e. The quantitative estimate of drug-likeness (QED) is 0.611. The van der Waals surface area contributed by atoms with Crippen molar-refractivity contribution >= 4 is 45.7 Å². The van der Waals surface area contributed by atoms with Crippen LogP contribution in [0, 0.1) is 0 Å². The smallest absolute Gasteiger partial charge is 0.255 e. The van der Waals surface area contributed by atoms with Gasteiger partial charge in [-0.15, -0.1) is 0 Å². The molecule has 1 aromatic heterocycles. The van der Waals surface area contributed by atoms with Crippen molar-refractivity contribution in [2.45, 2.75) is 0 Å². The zero-order chi connectivity index (χ0) is 15.0. The number of anilines is 1. The van der Waals surface area contributed by atoms with E-state index in [0.29, 0.717) is 11.3 Å². The summed E-state index contributed by atoms with van der Waals surface area (Å²) < 4.78 is 0. The third-order valence-corrected chi connectivity index (χ3v) is 3.67. The van der Waals surface area contributed by atoms with E-state index in [1.54, 1.807) is 12.1 Å². The summed E-state index contributed by atoms with van der Waals surface area (Å²) in [5.74, 6) is -0.492. The third kappa shape index (κ3) is 2.68. The molecule has 3 rings (SSSR count). The first-order valence-electron chi connectivity index (χ1n) is 6.11. The second-order valence-electron chi connectivity index (χ2n) is 4.52. The molecule has 0 bridgehead atoms. The first-order chi connectivity index (χ1) is 10.0. The number of nitrogens with one attached hydrogen (secondary N) is 2. The van der Waals surface area contributed by atoms with Crippen LogP contribution in [0.2, 0.25) is 10.0 Å². The minimum atomic E-state index is -0.288. The molecule has 0 aliphatic carbocycles. The lowest BCUT2D eigenvalue weighted by atomic mass is 10.1. The van der Waals surface area contributed by atoms with Crippen LogP contribution >= 0.6 is 23.2 Å². The summed E-state index contributed by atoms with van der Waals surface area (Å²) in [5.41, 5.74) is 1.80. The minimum Gasteiger partial charge on any atom is -0.505 e. The SMILES string of the molecule is O=C(Nc1cc(Cl)c(O)c(Cl)c1)c1ccc2cc[nH]c2c1. The van der Waals surface area contributed by atoms with E-state index in [-0.39, 0.29) is 21.7 Å². The van der Waals surface area contributed by atoms with E-state index in [0.717, 1.165) is 10.9 Å². The molecular weight excluding hydrogens is 311 g/mol.